The molecule has 5 nitrogen and oxygen atoms in total. The second kappa shape index (κ2) is 6.58. The van der Waals surface area contributed by atoms with E-state index in [2.05, 4.69) is 16.2 Å². The molecule has 6 heteroatoms. The number of phenolic OH excluding ortho intramolecular Hbond substituents is 1. The van der Waals surface area contributed by atoms with Gasteiger partial charge in [-0.1, -0.05) is 35.9 Å². The van der Waals surface area contributed by atoms with Crippen molar-refractivity contribution in [1.29, 1.82) is 0 Å². The first kappa shape index (κ1) is 15.8. The number of aromatic hydroxyl groups is 1. The van der Waals surface area contributed by atoms with Gasteiger partial charge in [-0.2, -0.15) is 0 Å². The predicted molar refractivity (Wildman–Crippen MR) is 90.3 cm³/mol. The van der Waals surface area contributed by atoms with E-state index in [1.165, 1.54) is 0 Å². The average Bonchev–Trinajstić information content (AvgIpc) is 3.00. The third kappa shape index (κ3) is 3.47. The molecule has 0 aliphatic carbocycles. The number of carbonyl (C=O) groups is 1. The molecule has 2 aromatic rings. The Bertz CT molecular complexity index is 736. The summed E-state index contributed by atoms with van der Waals surface area (Å²) in [4.78, 5) is 12.3. The lowest BCUT2D eigenvalue weighted by atomic mass is 9.99. The van der Waals surface area contributed by atoms with E-state index < -0.39 is 0 Å². The highest BCUT2D eigenvalue weighted by molar-refractivity contribution is 6.30. The van der Waals surface area contributed by atoms with Gasteiger partial charge in [0, 0.05) is 16.3 Å². The molecule has 23 heavy (non-hydrogen) atoms. The molecule has 0 spiro atoms. The van der Waals surface area contributed by atoms with Crippen molar-refractivity contribution in [3.8, 4) is 5.75 Å². The van der Waals surface area contributed by atoms with Gasteiger partial charge in [0.05, 0.1) is 6.04 Å². The van der Waals surface area contributed by atoms with Gasteiger partial charge in [0.15, 0.2) is 0 Å². The molecule has 1 heterocycles. The Morgan fingerprint density at radius 2 is 2.04 bits per heavy atom. The molecule has 1 aliphatic rings. The van der Waals surface area contributed by atoms with Crippen molar-refractivity contribution >= 4 is 23.2 Å². The van der Waals surface area contributed by atoms with Gasteiger partial charge in [0.25, 0.3) is 0 Å². The van der Waals surface area contributed by atoms with Crippen molar-refractivity contribution in [3.63, 3.8) is 0 Å². The van der Waals surface area contributed by atoms with Gasteiger partial charge < -0.3 is 10.4 Å². The molecular formula is C17H18ClN3O2. The molecule has 0 radical (unpaired) electrons. The minimum absolute atomic E-state index is 0.120. The Labute approximate surface area is 139 Å². The van der Waals surface area contributed by atoms with Crippen molar-refractivity contribution in [1.82, 2.24) is 10.9 Å². The first-order valence-electron chi connectivity index (χ1n) is 7.40. The number of nitrogens with one attached hydrogen (secondary N) is 3. The topological polar surface area (TPSA) is 73.4 Å². The van der Waals surface area contributed by atoms with Crippen LogP contribution < -0.4 is 16.2 Å². The summed E-state index contributed by atoms with van der Waals surface area (Å²) in [6, 6.07) is 12.1. The number of amides is 1. The molecule has 1 saturated heterocycles. The van der Waals surface area contributed by atoms with E-state index in [1.807, 2.05) is 25.1 Å². The lowest BCUT2D eigenvalue weighted by molar-refractivity contribution is -0.117. The lowest BCUT2D eigenvalue weighted by Crippen LogP contribution is -2.39. The molecule has 4 N–H and O–H groups in total. The minimum Gasteiger partial charge on any atom is -0.507 e. The molecule has 1 amide bonds. The Morgan fingerprint density at radius 1 is 1.26 bits per heavy atom. The number of hydrogen-bond donors (Lipinski definition) is 4. The largest absolute Gasteiger partial charge is 0.507 e. The summed E-state index contributed by atoms with van der Waals surface area (Å²) in [5, 5.41) is 13.6. The van der Waals surface area contributed by atoms with Crippen LogP contribution in [0.25, 0.3) is 0 Å². The maximum absolute atomic E-state index is 12.3. The van der Waals surface area contributed by atoms with E-state index in [1.54, 1.807) is 24.3 Å². The van der Waals surface area contributed by atoms with Crippen molar-refractivity contribution in [2.45, 2.75) is 25.4 Å². The number of carbonyl (C=O) groups excluding carboxylic acids is 1. The summed E-state index contributed by atoms with van der Waals surface area (Å²) < 4.78 is 0. The van der Waals surface area contributed by atoms with Gasteiger partial charge in [-0.05, 0) is 37.1 Å². The molecule has 1 fully saturated rings. The van der Waals surface area contributed by atoms with Crippen LogP contribution in [0.2, 0.25) is 5.02 Å². The zero-order valence-electron chi connectivity index (χ0n) is 12.6. The summed E-state index contributed by atoms with van der Waals surface area (Å²) >= 11 is 5.92. The highest BCUT2D eigenvalue weighted by Gasteiger charge is 2.31. The monoisotopic (exact) mass is 331 g/mol. The minimum atomic E-state index is -0.390. The van der Waals surface area contributed by atoms with E-state index in [4.69, 9.17) is 11.6 Å². The SMILES string of the molecule is Cc1cccc(C2CC(C(=O)Nc3cccc(Cl)c3)NN2)c1O. The number of rotatable bonds is 3. The molecule has 0 aromatic heterocycles. The van der Waals surface area contributed by atoms with Gasteiger partial charge >= 0.3 is 0 Å². The summed E-state index contributed by atoms with van der Waals surface area (Å²) in [5.41, 5.74) is 8.31. The van der Waals surface area contributed by atoms with Crippen LogP contribution >= 0.6 is 11.6 Å². The van der Waals surface area contributed by atoms with Crippen LogP contribution in [0.4, 0.5) is 5.69 Å². The van der Waals surface area contributed by atoms with Crippen LogP contribution in [0.5, 0.6) is 5.75 Å². The highest BCUT2D eigenvalue weighted by Crippen LogP contribution is 2.31. The fraction of sp³-hybridized carbons (Fsp3) is 0.235. The molecular weight excluding hydrogens is 314 g/mol. The molecule has 120 valence electrons. The molecule has 0 bridgehead atoms. The quantitative estimate of drug-likeness (QED) is 0.698. The van der Waals surface area contributed by atoms with Crippen molar-refractivity contribution in [3.05, 3.63) is 58.6 Å². The number of benzene rings is 2. The second-order valence-corrected chi connectivity index (χ2v) is 6.08. The fourth-order valence-corrected chi connectivity index (χ4v) is 2.88. The van der Waals surface area contributed by atoms with Gasteiger partial charge in [0.2, 0.25) is 5.91 Å². The highest BCUT2D eigenvalue weighted by atomic mass is 35.5. The number of halogens is 1. The third-order valence-corrected chi connectivity index (χ3v) is 4.19. The maximum Gasteiger partial charge on any atom is 0.242 e. The number of aryl methyl sites for hydroxylation is 1. The summed E-state index contributed by atoms with van der Waals surface area (Å²) in [7, 11) is 0. The summed E-state index contributed by atoms with van der Waals surface area (Å²) in [5.74, 6) is 0.122. The fourth-order valence-electron chi connectivity index (χ4n) is 2.69. The van der Waals surface area contributed by atoms with Gasteiger partial charge in [-0.15, -0.1) is 0 Å². The summed E-state index contributed by atoms with van der Waals surface area (Å²) in [6.07, 6.45) is 0.545. The zero-order chi connectivity index (χ0) is 16.4. The number of hydrogen-bond acceptors (Lipinski definition) is 4. The van der Waals surface area contributed by atoms with Crippen LogP contribution in [0.15, 0.2) is 42.5 Å². The van der Waals surface area contributed by atoms with E-state index in [0.717, 1.165) is 11.1 Å². The number of anilines is 1. The van der Waals surface area contributed by atoms with E-state index >= 15 is 0 Å². The molecule has 2 aromatic carbocycles. The third-order valence-electron chi connectivity index (χ3n) is 3.96. The summed E-state index contributed by atoms with van der Waals surface area (Å²) in [6.45, 7) is 1.85. The van der Waals surface area contributed by atoms with Crippen molar-refractivity contribution in [2.24, 2.45) is 0 Å². The normalized spacial score (nSPS) is 20.4. The standard InChI is InChI=1S/C17H18ClN3O2/c1-10-4-2-7-13(16(10)22)14-9-15(21-20-14)17(23)19-12-6-3-5-11(18)8-12/h2-8,14-15,20-22H,9H2,1H3,(H,19,23). The Balaban J connectivity index is 1.67. The first-order chi connectivity index (χ1) is 11.0. The molecule has 2 atom stereocenters. The first-order valence-corrected chi connectivity index (χ1v) is 7.78. The Hall–Kier alpha value is -2.08. The average molecular weight is 332 g/mol. The predicted octanol–water partition coefficient (Wildman–Crippen LogP) is 2.90. The van der Waals surface area contributed by atoms with Crippen LogP contribution in [0.1, 0.15) is 23.6 Å². The Kier molecular flexibility index (Phi) is 4.52. The van der Waals surface area contributed by atoms with Crippen LogP contribution in [0, 0.1) is 6.92 Å². The molecule has 1 aliphatic heterocycles. The lowest BCUT2D eigenvalue weighted by Gasteiger charge is -2.13. The van der Waals surface area contributed by atoms with Crippen LogP contribution in [0.3, 0.4) is 0 Å². The van der Waals surface area contributed by atoms with E-state index in [9.17, 15) is 9.90 Å². The van der Waals surface area contributed by atoms with Crippen molar-refractivity contribution in [2.75, 3.05) is 5.32 Å². The van der Waals surface area contributed by atoms with Gasteiger partial charge in [-0.25, -0.2) is 10.9 Å². The zero-order valence-corrected chi connectivity index (χ0v) is 13.4. The molecule has 2 unspecified atom stereocenters. The molecule has 0 saturated carbocycles. The number of phenols is 1. The van der Waals surface area contributed by atoms with Crippen molar-refractivity contribution < 1.29 is 9.90 Å². The van der Waals surface area contributed by atoms with Crippen LogP contribution in [-0.4, -0.2) is 17.1 Å². The number of hydrazine groups is 1. The number of para-hydroxylation sites is 1. The second-order valence-electron chi connectivity index (χ2n) is 5.64. The van der Waals surface area contributed by atoms with Gasteiger partial charge in [0.1, 0.15) is 11.8 Å². The van der Waals surface area contributed by atoms with E-state index in [0.29, 0.717) is 17.1 Å². The smallest absolute Gasteiger partial charge is 0.242 e. The maximum atomic E-state index is 12.3. The Morgan fingerprint density at radius 3 is 2.83 bits per heavy atom. The van der Waals surface area contributed by atoms with E-state index in [-0.39, 0.29) is 23.7 Å². The van der Waals surface area contributed by atoms with Crippen LogP contribution in [-0.2, 0) is 4.79 Å². The molecule has 3 rings (SSSR count). The van der Waals surface area contributed by atoms with Gasteiger partial charge in [-0.3, -0.25) is 4.79 Å².